The molecule has 0 N–H and O–H groups in total. The van der Waals surface area contributed by atoms with E-state index in [1.165, 1.54) is 0 Å². The van der Waals surface area contributed by atoms with Crippen molar-refractivity contribution < 1.29 is 43.2 Å². The third kappa shape index (κ3) is 7.78. The van der Waals surface area contributed by atoms with E-state index in [4.69, 9.17) is 28.2 Å². The standard InChI is InChI=1S/C15H18NO2.ClHO4/c1-12-9-15(17-3)10-13(2)16(12)18-11-14-7-5-4-6-8-14;2-1(3,4)5/h4-10H,11H2,1-3H3;(H,2,3,4,5)/q+1;/p-1. The lowest BCUT2D eigenvalue weighted by Gasteiger charge is -2.17. The minimum Gasteiger partial charge on any atom is -0.496 e. The molecule has 0 amide bonds. The Morgan fingerprint density at radius 2 is 1.43 bits per heavy atom. The van der Waals surface area contributed by atoms with Gasteiger partial charge in [0.2, 0.25) is 11.4 Å². The van der Waals surface area contributed by atoms with Crippen LogP contribution in [0.25, 0.3) is 0 Å². The summed E-state index contributed by atoms with van der Waals surface area (Å²) in [4.78, 5) is 5.81. The van der Waals surface area contributed by atoms with Crippen LogP contribution in [0.2, 0.25) is 0 Å². The van der Waals surface area contributed by atoms with E-state index in [9.17, 15) is 0 Å². The Labute approximate surface area is 136 Å². The first-order valence-corrected chi connectivity index (χ1v) is 7.80. The molecule has 1 heterocycles. The fourth-order valence-electron chi connectivity index (χ4n) is 1.88. The normalized spacial score (nSPS) is 10.6. The second-order valence-electron chi connectivity index (χ2n) is 4.61. The minimum absolute atomic E-state index is 0.555. The van der Waals surface area contributed by atoms with E-state index in [0.29, 0.717) is 6.61 Å². The van der Waals surface area contributed by atoms with Crippen LogP contribution in [0.5, 0.6) is 5.75 Å². The van der Waals surface area contributed by atoms with E-state index in [2.05, 4.69) is 12.1 Å². The molecule has 8 heteroatoms. The Balaban J connectivity index is 0.000000463. The van der Waals surface area contributed by atoms with Crippen molar-refractivity contribution >= 4 is 0 Å². The SMILES string of the molecule is COc1cc(C)[n+](OCc2ccccc2)c(C)c1.[O-][Cl+3]([O-])([O-])[O-]. The molecule has 1 aromatic heterocycles. The summed E-state index contributed by atoms with van der Waals surface area (Å²) in [6.07, 6.45) is 0. The van der Waals surface area contributed by atoms with Crippen LogP contribution in [0.1, 0.15) is 17.0 Å². The number of hydrogen-bond acceptors (Lipinski definition) is 6. The van der Waals surface area contributed by atoms with Gasteiger partial charge in [0.1, 0.15) is 5.75 Å². The van der Waals surface area contributed by atoms with E-state index in [-0.39, 0.29) is 0 Å². The van der Waals surface area contributed by atoms with E-state index in [1.807, 2.05) is 48.9 Å². The molecule has 0 aliphatic rings. The van der Waals surface area contributed by atoms with Crippen LogP contribution in [0.4, 0.5) is 0 Å². The molecule has 2 aromatic rings. The molecule has 0 radical (unpaired) electrons. The van der Waals surface area contributed by atoms with Crippen molar-refractivity contribution in [1.29, 1.82) is 0 Å². The smallest absolute Gasteiger partial charge is 0.235 e. The highest BCUT2D eigenvalue weighted by Gasteiger charge is 2.15. The highest BCUT2D eigenvalue weighted by molar-refractivity contribution is 5.22. The second-order valence-corrected chi connectivity index (χ2v) is 5.37. The number of pyridine rings is 1. The Morgan fingerprint density at radius 1 is 0.957 bits per heavy atom. The zero-order valence-electron chi connectivity index (χ0n) is 13.0. The predicted molar refractivity (Wildman–Crippen MR) is 69.4 cm³/mol. The molecule has 0 saturated heterocycles. The number of methoxy groups -OCH3 is 1. The summed E-state index contributed by atoms with van der Waals surface area (Å²) >= 11 is 0. The van der Waals surface area contributed by atoms with Gasteiger partial charge < -0.3 is 4.74 Å². The fourth-order valence-corrected chi connectivity index (χ4v) is 1.88. The first kappa shape index (κ1) is 19.1. The molecular formula is C15H18ClNO6. The second kappa shape index (κ2) is 8.66. The van der Waals surface area contributed by atoms with Crippen molar-refractivity contribution in [3.05, 3.63) is 59.4 Å². The summed E-state index contributed by atoms with van der Waals surface area (Å²) in [6.45, 7) is 4.56. The molecule has 1 aromatic carbocycles. The quantitative estimate of drug-likeness (QED) is 0.566. The summed E-state index contributed by atoms with van der Waals surface area (Å²) in [5.41, 5.74) is 3.19. The zero-order valence-corrected chi connectivity index (χ0v) is 13.8. The van der Waals surface area contributed by atoms with E-state index in [0.717, 1.165) is 22.7 Å². The van der Waals surface area contributed by atoms with Gasteiger partial charge in [0.15, 0.2) is 6.61 Å². The minimum atomic E-state index is -4.94. The largest absolute Gasteiger partial charge is 0.496 e. The molecule has 126 valence electrons. The van der Waals surface area contributed by atoms with Gasteiger partial charge in [-0.3, -0.25) is 4.84 Å². The molecule has 0 unspecified atom stereocenters. The molecule has 0 bridgehead atoms. The van der Waals surface area contributed by atoms with E-state index in [1.54, 1.807) is 7.11 Å². The van der Waals surface area contributed by atoms with E-state index >= 15 is 0 Å². The maximum atomic E-state index is 8.49. The Kier molecular flexibility index (Phi) is 7.21. The van der Waals surface area contributed by atoms with Crippen LogP contribution in [0.3, 0.4) is 0 Å². The van der Waals surface area contributed by atoms with Gasteiger partial charge in [-0.2, -0.15) is 0 Å². The molecule has 0 aliphatic carbocycles. The maximum absolute atomic E-state index is 8.49. The summed E-state index contributed by atoms with van der Waals surface area (Å²) in [6, 6.07) is 14.0. The van der Waals surface area contributed by atoms with Gasteiger partial charge in [0.05, 0.1) is 19.2 Å². The molecule has 23 heavy (non-hydrogen) atoms. The Hall–Kier alpha value is -1.90. The predicted octanol–water partition coefficient (Wildman–Crippen LogP) is -2.53. The fraction of sp³-hybridized carbons (Fsp3) is 0.267. The average molecular weight is 344 g/mol. The molecule has 7 nitrogen and oxygen atoms in total. The lowest BCUT2D eigenvalue weighted by Crippen LogP contribution is -2.68. The highest BCUT2D eigenvalue weighted by atomic mass is 35.7. The number of aromatic nitrogens is 1. The number of ether oxygens (including phenoxy) is 1. The lowest BCUT2D eigenvalue weighted by molar-refractivity contribution is -2.00. The number of rotatable bonds is 4. The van der Waals surface area contributed by atoms with Gasteiger partial charge >= 0.3 is 0 Å². The van der Waals surface area contributed by atoms with Crippen LogP contribution >= 0.6 is 0 Å². The number of nitrogens with zero attached hydrogens (tertiary/aromatic N) is 1. The zero-order chi connectivity index (χ0) is 17.5. The average Bonchev–Trinajstić information content (AvgIpc) is 2.45. The number of halogens is 1. The molecular weight excluding hydrogens is 326 g/mol. The Morgan fingerprint density at radius 3 is 1.87 bits per heavy atom. The topological polar surface area (TPSA) is 115 Å². The van der Waals surface area contributed by atoms with Crippen LogP contribution in [0, 0.1) is 24.1 Å². The van der Waals surface area contributed by atoms with Gasteiger partial charge in [0, 0.05) is 18.6 Å². The first-order chi connectivity index (χ1) is 10.7. The first-order valence-electron chi connectivity index (χ1n) is 6.57. The van der Waals surface area contributed by atoms with Gasteiger partial charge in [-0.05, 0) is 5.56 Å². The van der Waals surface area contributed by atoms with Crippen molar-refractivity contribution in [1.82, 2.24) is 0 Å². The number of benzene rings is 1. The van der Waals surface area contributed by atoms with Crippen molar-refractivity contribution in [2.24, 2.45) is 0 Å². The van der Waals surface area contributed by atoms with E-state index < -0.39 is 10.2 Å². The summed E-state index contributed by atoms with van der Waals surface area (Å²) < 4.78 is 41.0. The molecule has 0 spiro atoms. The molecule has 2 rings (SSSR count). The summed E-state index contributed by atoms with van der Waals surface area (Å²) in [7, 11) is -3.27. The summed E-state index contributed by atoms with van der Waals surface area (Å²) in [5.74, 6) is 0.851. The van der Waals surface area contributed by atoms with Gasteiger partial charge in [-0.25, -0.2) is 18.6 Å². The van der Waals surface area contributed by atoms with Crippen LogP contribution in [0.15, 0.2) is 42.5 Å². The molecule has 0 saturated carbocycles. The van der Waals surface area contributed by atoms with Crippen LogP contribution < -0.4 is 32.9 Å². The third-order valence-electron chi connectivity index (χ3n) is 2.78. The Bertz CT molecular complexity index is 586. The van der Waals surface area contributed by atoms with Crippen molar-refractivity contribution in [3.8, 4) is 5.75 Å². The maximum Gasteiger partial charge on any atom is 0.235 e. The highest BCUT2D eigenvalue weighted by Crippen LogP contribution is 2.11. The van der Waals surface area contributed by atoms with Gasteiger partial charge in [-0.1, -0.05) is 30.3 Å². The number of hydrogen-bond donors (Lipinski definition) is 0. The van der Waals surface area contributed by atoms with Crippen molar-refractivity contribution in [3.63, 3.8) is 0 Å². The van der Waals surface area contributed by atoms with Crippen LogP contribution in [-0.2, 0) is 6.61 Å². The monoisotopic (exact) mass is 343 g/mol. The third-order valence-corrected chi connectivity index (χ3v) is 2.78. The molecule has 0 aliphatic heterocycles. The molecule has 0 fully saturated rings. The van der Waals surface area contributed by atoms with Gasteiger partial charge in [0.25, 0.3) is 0 Å². The number of aryl methyl sites for hydroxylation is 2. The molecule has 0 atom stereocenters. The summed E-state index contributed by atoms with van der Waals surface area (Å²) in [5, 5.41) is 0. The van der Waals surface area contributed by atoms with Gasteiger partial charge in [-0.15, -0.1) is 10.2 Å². The van der Waals surface area contributed by atoms with Crippen molar-refractivity contribution in [2.45, 2.75) is 20.5 Å². The van der Waals surface area contributed by atoms with Crippen molar-refractivity contribution in [2.75, 3.05) is 7.11 Å². The van der Waals surface area contributed by atoms with Crippen LogP contribution in [-0.4, -0.2) is 7.11 Å². The lowest BCUT2D eigenvalue weighted by atomic mass is 10.2.